The van der Waals surface area contributed by atoms with Crippen LogP contribution < -0.4 is 4.74 Å². The van der Waals surface area contributed by atoms with Crippen LogP contribution in [0, 0.1) is 0 Å². The maximum atomic E-state index is 12.2. The maximum absolute atomic E-state index is 12.2. The molecule has 3 aromatic rings. The minimum atomic E-state index is -0.448. The van der Waals surface area contributed by atoms with Crippen LogP contribution in [0.15, 0.2) is 60.7 Å². The van der Waals surface area contributed by atoms with Crippen LogP contribution >= 0.6 is 0 Å². The van der Waals surface area contributed by atoms with Crippen LogP contribution in [-0.2, 0) is 11.3 Å². The summed E-state index contributed by atoms with van der Waals surface area (Å²) >= 11 is 0. The summed E-state index contributed by atoms with van der Waals surface area (Å²) in [5, 5.41) is 6.88. The number of nitrogens with one attached hydrogen (secondary N) is 1. The van der Waals surface area contributed by atoms with Gasteiger partial charge in [0.05, 0.1) is 12.3 Å². The number of carbonyl (C=O) groups excluding carboxylic acids is 1. The van der Waals surface area contributed by atoms with Crippen molar-refractivity contribution >= 4 is 5.97 Å². The fraction of sp³-hybridized carbons (Fsp3) is 0.158. The SMILES string of the molecule is CCOc1ccccc1COC(=O)c1cc(-c2ccccc2)n[nH]1. The number of hydrogen-bond acceptors (Lipinski definition) is 4. The van der Waals surface area contributed by atoms with E-state index in [2.05, 4.69) is 10.2 Å². The summed E-state index contributed by atoms with van der Waals surface area (Å²) in [5.41, 5.74) is 2.80. The van der Waals surface area contributed by atoms with Crippen molar-refractivity contribution in [2.75, 3.05) is 6.61 Å². The van der Waals surface area contributed by atoms with Gasteiger partial charge in [-0.2, -0.15) is 5.10 Å². The number of para-hydroxylation sites is 1. The Morgan fingerprint density at radius 1 is 1.08 bits per heavy atom. The third kappa shape index (κ3) is 3.63. The first-order valence-corrected chi connectivity index (χ1v) is 7.76. The lowest BCUT2D eigenvalue weighted by atomic mass is 10.1. The van der Waals surface area contributed by atoms with Gasteiger partial charge in [-0.1, -0.05) is 48.5 Å². The van der Waals surface area contributed by atoms with Crippen LogP contribution in [0.3, 0.4) is 0 Å². The number of rotatable bonds is 6. The molecular weight excluding hydrogens is 304 g/mol. The van der Waals surface area contributed by atoms with Crippen molar-refractivity contribution in [1.29, 1.82) is 0 Å². The van der Waals surface area contributed by atoms with E-state index in [4.69, 9.17) is 9.47 Å². The minimum Gasteiger partial charge on any atom is -0.493 e. The molecule has 1 heterocycles. The number of H-pyrrole nitrogens is 1. The second-order valence-electron chi connectivity index (χ2n) is 5.15. The van der Waals surface area contributed by atoms with E-state index in [9.17, 15) is 4.79 Å². The van der Waals surface area contributed by atoms with Crippen molar-refractivity contribution in [3.63, 3.8) is 0 Å². The molecule has 3 rings (SSSR count). The first-order chi connectivity index (χ1) is 11.8. The standard InChI is InChI=1S/C19H18N2O3/c1-2-23-18-11-7-6-10-15(18)13-24-19(22)17-12-16(20-21-17)14-8-4-3-5-9-14/h3-12H,2,13H2,1H3,(H,20,21). The summed E-state index contributed by atoms with van der Waals surface area (Å²) in [5.74, 6) is 0.276. The Hall–Kier alpha value is -3.08. The quantitative estimate of drug-likeness (QED) is 0.701. The van der Waals surface area contributed by atoms with E-state index in [1.165, 1.54) is 0 Å². The predicted octanol–water partition coefficient (Wildman–Crippen LogP) is 3.83. The number of nitrogens with zero attached hydrogens (tertiary/aromatic N) is 1. The smallest absolute Gasteiger partial charge is 0.356 e. The second kappa shape index (κ2) is 7.46. The molecule has 0 fully saturated rings. The number of aromatic nitrogens is 2. The number of aromatic amines is 1. The van der Waals surface area contributed by atoms with Crippen LogP contribution in [0.4, 0.5) is 0 Å². The molecule has 0 unspecified atom stereocenters. The second-order valence-corrected chi connectivity index (χ2v) is 5.15. The topological polar surface area (TPSA) is 64.2 Å². The monoisotopic (exact) mass is 322 g/mol. The first kappa shape index (κ1) is 15.8. The van der Waals surface area contributed by atoms with Gasteiger partial charge in [0.1, 0.15) is 18.1 Å². The van der Waals surface area contributed by atoms with Crippen molar-refractivity contribution in [2.45, 2.75) is 13.5 Å². The molecule has 0 aliphatic rings. The summed E-state index contributed by atoms with van der Waals surface area (Å²) < 4.78 is 10.9. The molecule has 0 radical (unpaired) electrons. The van der Waals surface area contributed by atoms with Gasteiger partial charge in [0.2, 0.25) is 0 Å². The molecule has 24 heavy (non-hydrogen) atoms. The summed E-state index contributed by atoms with van der Waals surface area (Å²) in [7, 11) is 0. The van der Waals surface area contributed by atoms with Gasteiger partial charge >= 0.3 is 5.97 Å². The lowest BCUT2D eigenvalue weighted by Gasteiger charge is -2.09. The molecule has 0 spiro atoms. The number of esters is 1. The van der Waals surface area contributed by atoms with Crippen molar-refractivity contribution in [3.8, 4) is 17.0 Å². The Labute approximate surface area is 140 Å². The molecule has 1 aromatic heterocycles. The molecule has 0 saturated carbocycles. The van der Waals surface area contributed by atoms with Gasteiger partial charge in [-0.05, 0) is 19.1 Å². The lowest BCUT2D eigenvalue weighted by Crippen LogP contribution is -2.07. The Kier molecular flexibility index (Phi) is 4.91. The van der Waals surface area contributed by atoms with Crippen molar-refractivity contribution in [3.05, 3.63) is 71.9 Å². The van der Waals surface area contributed by atoms with E-state index < -0.39 is 5.97 Å². The minimum absolute atomic E-state index is 0.148. The molecule has 2 aromatic carbocycles. The maximum Gasteiger partial charge on any atom is 0.356 e. The molecule has 122 valence electrons. The zero-order valence-electron chi connectivity index (χ0n) is 13.4. The van der Waals surface area contributed by atoms with Gasteiger partial charge in [0.15, 0.2) is 0 Å². The normalized spacial score (nSPS) is 10.4. The van der Waals surface area contributed by atoms with Gasteiger partial charge in [0.25, 0.3) is 0 Å². The fourth-order valence-electron chi connectivity index (χ4n) is 2.32. The highest BCUT2D eigenvalue weighted by Gasteiger charge is 2.13. The van der Waals surface area contributed by atoms with Gasteiger partial charge in [-0.3, -0.25) is 5.10 Å². The Bertz CT molecular complexity index is 812. The average molecular weight is 322 g/mol. The van der Waals surface area contributed by atoms with Gasteiger partial charge in [-0.15, -0.1) is 0 Å². The number of hydrogen-bond donors (Lipinski definition) is 1. The van der Waals surface area contributed by atoms with Gasteiger partial charge in [0, 0.05) is 11.1 Å². The summed E-state index contributed by atoms with van der Waals surface area (Å²) in [6, 6.07) is 18.8. The van der Waals surface area contributed by atoms with Crippen LogP contribution in [0.25, 0.3) is 11.3 Å². The lowest BCUT2D eigenvalue weighted by molar-refractivity contribution is 0.0462. The highest BCUT2D eigenvalue weighted by Crippen LogP contribution is 2.20. The number of ether oxygens (including phenoxy) is 2. The first-order valence-electron chi connectivity index (χ1n) is 7.76. The summed E-state index contributed by atoms with van der Waals surface area (Å²) in [6.45, 7) is 2.62. The largest absolute Gasteiger partial charge is 0.493 e. The molecule has 0 amide bonds. The molecule has 0 bridgehead atoms. The highest BCUT2D eigenvalue weighted by molar-refractivity contribution is 5.88. The number of carbonyl (C=O) groups is 1. The van der Waals surface area contributed by atoms with E-state index in [-0.39, 0.29) is 6.61 Å². The van der Waals surface area contributed by atoms with E-state index in [1.54, 1.807) is 6.07 Å². The van der Waals surface area contributed by atoms with E-state index in [1.807, 2.05) is 61.5 Å². The van der Waals surface area contributed by atoms with Gasteiger partial charge in [-0.25, -0.2) is 4.79 Å². The highest BCUT2D eigenvalue weighted by atomic mass is 16.5. The molecule has 1 N–H and O–H groups in total. The average Bonchev–Trinajstić information content (AvgIpc) is 3.12. The van der Waals surface area contributed by atoms with E-state index in [0.29, 0.717) is 18.0 Å². The third-order valence-corrected chi connectivity index (χ3v) is 3.50. The van der Waals surface area contributed by atoms with E-state index >= 15 is 0 Å². The van der Waals surface area contributed by atoms with Crippen molar-refractivity contribution < 1.29 is 14.3 Å². The molecule has 0 aliphatic heterocycles. The summed E-state index contributed by atoms with van der Waals surface area (Å²) in [4.78, 5) is 12.2. The van der Waals surface area contributed by atoms with Crippen molar-refractivity contribution in [2.24, 2.45) is 0 Å². The fourth-order valence-corrected chi connectivity index (χ4v) is 2.32. The molecular formula is C19H18N2O3. The Morgan fingerprint density at radius 2 is 1.83 bits per heavy atom. The molecule has 5 nitrogen and oxygen atoms in total. The van der Waals surface area contributed by atoms with Gasteiger partial charge < -0.3 is 9.47 Å². The zero-order chi connectivity index (χ0) is 16.8. The number of benzene rings is 2. The Morgan fingerprint density at radius 3 is 2.62 bits per heavy atom. The van der Waals surface area contributed by atoms with Crippen molar-refractivity contribution in [1.82, 2.24) is 10.2 Å². The molecule has 5 heteroatoms. The van der Waals surface area contributed by atoms with E-state index in [0.717, 1.165) is 16.9 Å². The molecule has 0 aliphatic carbocycles. The summed E-state index contributed by atoms with van der Waals surface area (Å²) in [6.07, 6.45) is 0. The van der Waals surface area contributed by atoms with Crippen LogP contribution in [0.5, 0.6) is 5.75 Å². The zero-order valence-corrected chi connectivity index (χ0v) is 13.4. The van der Waals surface area contributed by atoms with Crippen LogP contribution in [-0.4, -0.2) is 22.8 Å². The molecule has 0 saturated heterocycles. The van der Waals surface area contributed by atoms with Crippen LogP contribution in [0.1, 0.15) is 23.0 Å². The predicted molar refractivity (Wildman–Crippen MR) is 90.8 cm³/mol. The van der Waals surface area contributed by atoms with Crippen LogP contribution in [0.2, 0.25) is 0 Å². The Balaban J connectivity index is 1.67. The molecule has 0 atom stereocenters. The third-order valence-electron chi connectivity index (χ3n) is 3.50.